The molecule has 19 heavy (non-hydrogen) atoms. The molecular formula is C18H26Ti. The van der Waals surface area contributed by atoms with Crippen molar-refractivity contribution in [1.29, 1.82) is 0 Å². The predicted octanol–water partition coefficient (Wildman–Crippen LogP) is 5.73. The molecule has 0 aromatic carbocycles. The number of rotatable bonds is 4. The van der Waals surface area contributed by atoms with Gasteiger partial charge in [0.15, 0.2) is 0 Å². The molecule has 0 unspecified atom stereocenters. The summed E-state index contributed by atoms with van der Waals surface area (Å²) in [5, 5.41) is 0. The Balaban J connectivity index is 0.000000324. The van der Waals surface area contributed by atoms with E-state index in [1.165, 1.54) is 24.0 Å². The normalized spacial score (nSPS) is 16.6. The summed E-state index contributed by atoms with van der Waals surface area (Å²) in [6.07, 6.45) is 17.8. The van der Waals surface area contributed by atoms with Crippen molar-refractivity contribution in [3.8, 4) is 0 Å². The van der Waals surface area contributed by atoms with Gasteiger partial charge in [-0.05, 0) is 0 Å². The summed E-state index contributed by atoms with van der Waals surface area (Å²) < 4.78 is 0. The summed E-state index contributed by atoms with van der Waals surface area (Å²) in [6.45, 7) is 8.81. The molecule has 0 fully saturated rings. The van der Waals surface area contributed by atoms with Gasteiger partial charge in [0.1, 0.15) is 0 Å². The molecule has 0 aromatic rings. The molecule has 0 aliphatic heterocycles. The fraction of sp³-hybridized carbons (Fsp3) is 0.556. The van der Waals surface area contributed by atoms with E-state index in [0.717, 1.165) is 25.7 Å². The van der Waals surface area contributed by atoms with Crippen LogP contribution in [0, 0.1) is 12.2 Å². The zero-order valence-electron chi connectivity index (χ0n) is 12.9. The monoisotopic (exact) mass is 290 g/mol. The summed E-state index contributed by atoms with van der Waals surface area (Å²) in [4.78, 5) is 0. The van der Waals surface area contributed by atoms with Gasteiger partial charge in [0.05, 0.1) is 0 Å². The minimum Gasteiger partial charge on any atom is -0.253 e. The van der Waals surface area contributed by atoms with E-state index in [9.17, 15) is 0 Å². The third kappa shape index (κ3) is 5.67. The Morgan fingerprint density at radius 3 is 1.32 bits per heavy atom. The third-order valence-corrected chi connectivity index (χ3v) is 3.66. The Kier molecular flexibility index (Phi) is 10.3. The molecule has 0 amide bonds. The Morgan fingerprint density at radius 1 is 0.737 bits per heavy atom. The zero-order valence-corrected chi connectivity index (χ0v) is 14.5. The van der Waals surface area contributed by atoms with Crippen LogP contribution < -0.4 is 0 Å². The Morgan fingerprint density at radius 2 is 1.11 bits per heavy atom. The summed E-state index contributed by atoms with van der Waals surface area (Å²) in [5.41, 5.74) is 6.05. The minimum atomic E-state index is 0. The van der Waals surface area contributed by atoms with E-state index in [0.29, 0.717) is 0 Å². The molecule has 1 heteroatoms. The van der Waals surface area contributed by atoms with Crippen LogP contribution >= 0.6 is 0 Å². The maximum absolute atomic E-state index is 3.26. The maximum Gasteiger partial charge on any atom is 2.00 e. The molecule has 2 rings (SSSR count). The SMILES string of the molecule is CCC1=C(CC)CC=[C-]1.CCC1=C(CC)CC=[C-]1.[Ti+2]. The van der Waals surface area contributed by atoms with Crippen LogP contribution in [0.25, 0.3) is 0 Å². The second kappa shape index (κ2) is 10.5. The first-order valence-corrected chi connectivity index (χ1v) is 7.34. The van der Waals surface area contributed by atoms with Gasteiger partial charge in [0, 0.05) is 0 Å². The summed E-state index contributed by atoms with van der Waals surface area (Å²) in [6, 6.07) is 0. The third-order valence-electron chi connectivity index (χ3n) is 3.66. The van der Waals surface area contributed by atoms with Crippen molar-refractivity contribution >= 4 is 0 Å². The second-order valence-corrected chi connectivity index (χ2v) is 4.68. The first-order valence-electron chi connectivity index (χ1n) is 7.34. The van der Waals surface area contributed by atoms with Crippen molar-refractivity contribution < 1.29 is 21.7 Å². The van der Waals surface area contributed by atoms with Crippen LogP contribution in [0.5, 0.6) is 0 Å². The quantitative estimate of drug-likeness (QED) is 0.458. The van der Waals surface area contributed by atoms with Crippen LogP contribution in [0.1, 0.15) is 66.2 Å². The topological polar surface area (TPSA) is 0 Å². The smallest absolute Gasteiger partial charge is 0.253 e. The van der Waals surface area contributed by atoms with Gasteiger partial charge < -0.3 is 0 Å². The molecule has 0 bridgehead atoms. The molecule has 0 N–H and O–H groups in total. The van der Waals surface area contributed by atoms with Crippen LogP contribution in [0.4, 0.5) is 0 Å². The van der Waals surface area contributed by atoms with Crippen LogP contribution in [-0.2, 0) is 21.7 Å². The van der Waals surface area contributed by atoms with Crippen LogP contribution in [0.2, 0.25) is 0 Å². The molecule has 2 aliphatic carbocycles. The molecular weight excluding hydrogens is 264 g/mol. The predicted molar refractivity (Wildman–Crippen MR) is 80.1 cm³/mol. The molecule has 2 aliphatic rings. The first kappa shape index (κ1) is 18.7. The van der Waals surface area contributed by atoms with Crippen molar-refractivity contribution in [2.45, 2.75) is 66.2 Å². The molecule has 0 atom stereocenters. The van der Waals surface area contributed by atoms with Gasteiger partial charge in [-0.25, -0.2) is 22.3 Å². The van der Waals surface area contributed by atoms with Gasteiger partial charge in [-0.2, -0.15) is 12.2 Å². The maximum atomic E-state index is 3.26. The van der Waals surface area contributed by atoms with E-state index in [-0.39, 0.29) is 21.7 Å². The standard InChI is InChI=1S/2C9H13.Ti/c2*1-3-8-6-5-7-9(8)4-2;/h2*5H,3-4,6H2,1-2H3;/q2*-1;+2. The average molecular weight is 290 g/mol. The number of hydrogen-bond acceptors (Lipinski definition) is 0. The van der Waals surface area contributed by atoms with Crippen LogP contribution in [0.15, 0.2) is 34.4 Å². The second-order valence-electron chi connectivity index (χ2n) is 4.68. The van der Waals surface area contributed by atoms with Crippen LogP contribution in [-0.4, -0.2) is 0 Å². The summed E-state index contributed by atoms with van der Waals surface area (Å²) in [7, 11) is 0. The van der Waals surface area contributed by atoms with Crippen molar-refractivity contribution in [3.63, 3.8) is 0 Å². The minimum absolute atomic E-state index is 0. The number of hydrogen-bond donors (Lipinski definition) is 0. The fourth-order valence-corrected chi connectivity index (χ4v) is 2.46. The van der Waals surface area contributed by atoms with Gasteiger partial charge in [0.2, 0.25) is 0 Å². The first-order chi connectivity index (χ1) is 8.76. The van der Waals surface area contributed by atoms with Crippen molar-refractivity contribution in [2.24, 2.45) is 0 Å². The Bertz CT molecular complexity index is 342. The molecule has 0 saturated carbocycles. The molecule has 0 nitrogen and oxygen atoms in total. The molecule has 0 radical (unpaired) electrons. The number of allylic oxidation sites excluding steroid dienone is 8. The van der Waals surface area contributed by atoms with Crippen molar-refractivity contribution in [2.75, 3.05) is 0 Å². The Labute approximate surface area is 134 Å². The Hall–Kier alpha value is -0.326. The summed E-state index contributed by atoms with van der Waals surface area (Å²) >= 11 is 0. The van der Waals surface area contributed by atoms with Gasteiger partial charge in [0.25, 0.3) is 0 Å². The van der Waals surface area contributed by atoms with E-state index in [4.69, 9.17) is 0 Å². The molecule has 102 valence electrons. The van der Waals surface area contributed by atoms with E-state index in [1.54, 1.807) is 11.1 Å². The van der Waals surface area contributed by atoms with Gasteiger partial charge in [-0.3, -0.25) is 12.2 Å². The van der Waals surface area contributed by atoms with Crippen LogP contribution in [0.3, 0.4) is 0 Å². The zero-order chi connectivity index (χ0) is 13.4. The van der Waals surface area contributed by atoms with E-state index in [1.807, 2.05) is 0 Å². The molecule has 0 spiro atoms. The van der Waals surface area contributed by atoms with E-state index in [2.05, 4.69) is 52.0 Å². The van der Waals surface area contributed by atoms with Gasteiger partial charge in [-0.1, -0.05) is 53.4 Å². The van der Waals surface area contributed by atoms with Crippen molar-refractivity contribution in [1.82, 2.24) is 0 Å². The van der Waals surface area contributed by atoms with Gasteiger partial charge >= 0.3 is 21.7 Å². The van der Waals surface area contributed by atoms with E-state index < -0.39 is 0 Å². The van der Waals surface area contributed by atoms with E-state index >= 15 is 0 Å². The average Bonchev–Trinajstić information content (AvgIpc) is 3.06. The van der Waals surface area contributed by atoms with Gasteiger partial charge in [-0.15, -0.1) is 12.8 Å². The molecule has 0 saturated heterocycles. The van der Waals surface area contributed by atoms with Crippen molar-refractivity contribution in [3.05, 3.63) is 46.6 Å². The fourth-order valence-electron chi connectivity index (χ4n) is 2.46. The molecule has 0 heterocycles. The molecule has 0 aromatic heterocycles. The summed E-state index contributed by atoms with van der Waals surface area (Å²) in [5.74, 6) is 0. The largest absolute Gasteiger partial charge is 2.00 e.